The zero-order chi connectivity index (χ0) is 21.5. The third-order valence-corrected chi connectivity index (χ3v) is 6.94. The Bertz CT molecular complexity index is 961. The molecule has 0 spiro atoms. The molecule has 1 aliphatic carbocycles. The zero-order valence-electron chi connectivity index (χ0n) is 18.1. The molecule has 3 aromatic rings. The second-order valence-corrected chi connectivity index (χ2v) is 9.20. The highest BCUT2D eigenvalue weighted by Crippen LogP contribution is 2.33. The summed E-state index contributed by atoms with van der Waals surface area (Å²) in [4.78, 5) is 17.3. The molecule has 0 radical (unpaired) electrons. The van der Waals surface area contributed by atoms with Gasteiger partial charge in [-0.05, 0) is 67.4 Å². The standard InChI is InChI=1S/C26H30N2O2S/c1-2-3-5-8-19-11-13-22(14-12-19)26(29)30-23-17-15-20(16-18-23)24-27-25(31-28-24)21-9-6-4-7-10-21/h4,6-7,9-10,15-19,22H,2-3,5,8,11-14H2,1H3. The van der Waals surface area contributed by atoms with Gasteiger partial charge in [0, 0.05) is 11.1 Å². The molecule has 0 saturated heterocycles. The predicted octanol–water partition coefficient (Wildman–Crippen LogP) is 7.16. The van der Waals surface area contributed by atoms with Crippen molar-refractivity contribution in [2.75, 3.05) is 0 Å². The number of carbonyl (C=O) groups is 1. The van der Waals surface area contributed by atoms with Gasteiger partial charge < -0.3 is 4.74 Å². The van der Waals surface area contributed by atoms with Gasteiger partial charge in [0.25, 0.3) is 0 Å². The number of ether oxygens (including phenoxy) is 1. The van der Waals surface area contributed by atoms with E-state index in [1.54, 1.807) is 0 Å². The fourth-order valence-corrected chi connectivity index (χ4v) is 4.97. The van der Waals surface area contributed by atoms with E-state index in [1.807, 2.05) is 54.6 Å². The summed E-state index contributed by atoms with van der Waals surface area (Å²) in [5.74, 6) is 2.04. The Morgan fingerprint density at radius 3 is 2.42 bits per heavy atom. The minimum absolute atomic E-state index is 0.0377. The molecule has 162 valence electrons. The fraction of sp³-hybridized carbons (Fsp3) is 0.423. The smallest absolute Gasteiger partial charge is 0.314 e. The van der Waals surface area contributed by atoms with Crippen LogP contribution in [0.25, 0.3) is 22.0 Å². The Labute approximate surface area is 188 Å². The monoisotopic (exact) mass is 434 g/mol. The Balaban J connectivity index is 1.30. The number of carbonyl (C=O) groups excluding carboxylic acids is 1. The van der Waals surface area contributed by atoms with E-state index in [4.69, 9.17) is 4.74 Å². The van der Waals surface area contributed by atoms with Gasteiger partial charge in [0.2, 0.25) is 0 Å². The van der Waals surface area contributed by atoms with Gasteiger partial charge in [-0.3, -0.25) is 4.79 Å². The maximum atomic E-state index is 12.6. The van der Waals surface area contributed by atoms with Crippen molar-refractivity contribution in [2.24, 2.45) is 11.8 Å². The maximum absolute atomic E-state index is 12.6. The van der Waals surface area contributed by atoms with Crippen molar-refractivity contribution >= 4 is 17.5 Å². The van der Waals surface area contributed by atoms with Crippen LogP contribution >= 0.6 is 11.5 Å². The molecule has 0 atom stereocenters. The van der Waals surface area contributed by atoms with Gasteiger partial charge in [-0.1, -0.05) is 62.9 Å². The summed E-state index contributed by atoms with van der Waals surface area (Å²) in [6.45, 7) is 2.24. The first-order valence-electron chi connectivity index (χ1n) is 11.4. The molecule has 5 heteroatoms. The van der Waals surface area contributed by atoms with Gasteiger partial charge in [-0.15, -0.1) is 0 Å². The van der Waals surface area contributed by atoms with Crippen molar-refractivity contribution in [1.82, 2.24) is 9.36 Å². The summed E-state index contributed by atoms with van der Waals surface area (Å²) in [7, 11) is 0. The molecule has 0 aliphatic heterocycles. The minimum atomic E-state index is -0.0853. The number of esters is 1. The molecular weight excluding hydrogens is 404 g/mol. The number of hydrogen-bond acceptors (Lipinski definition) is 5. The highest BCUT2D eigenvalue weighted by Gasteiger charge is 2.27. The molecule has 31 heavy (non-hydrogen) atoms. The highest BCUT2D eigenvalue weighted by atomic mass is 32.1. The molecule has 0 bridgehead atoms. The van der Waals surface area contributed by atoms with Crippen LogP contribution in [-0.4, -0.2) is 15.3 Å². The second-order valence-electron chi connectivity index (χ2n) is 8.45. The Kier molecular flexibility index (Phi) is 7.47. The maximum Gasteiger partial charge on any atom is 0.314 e. The number of nitrogens with zero attached hydrogens (tertiary/aromatic N) is 2. The van der Waals surface area contributed by atoms with E-state index in [0.29, 0.717) is 11.6 Å². The van der Waals surface area contributed by atoms with Crippen molar-refractivity contribution in [2.45, 2.75) is 58.3 Å². The van der Waals surface area contributed by atoms with Crippen LogP contribution in [0.5, 0.6) is 5.75 Å². The molecule has 2 aromatic carbocycles. The van der Waals surface area contributed by atoms with Crippen LogP contribution in [0.3, 0.4) is 0 Å². The lowest BCUT2D eigenvalue weighted by Crippen LogP contribution is -2.25. The van der Waals surface area contributed by atoms with Crippen LogP contribution in [0.2, 0.25) is 0 Å². The van der Waals surface area contributed by atoms with Crippen molar-refractivity contribution in [3.63, 3.8) is 0 Å². The number of unbranched alkanes of at least 4 members (excludes halogenated alkanes) is 2. The lowest BCUT2D eigenvalue weighted by Gasteiger charge is -2.27. The van der Waals surface area contributed by atoms with Gasteiger partial charge >= 0.3 is 5.97 Å². The predicted molar refractivity (Wildman–Crippen MR) is 126 cm³/mol. The number of aromatic nitrogens is 2. The normalized spacial score (nSPS) is 18.6. The molecule has 1 aliphatic rings. The van der Waals surface area contributed by atoms with E-state index in [-0.39, 0.29) is 11.9 Å². The fourth-order valence-electron chi connectivity index (χ4n) is 4.28. The average molecular weight is 435 g/mol. The van der Waals surface area contributed by atoms with E-state index in [2.05, 4.69) is 16.3 Å². The summed E-state index contributed by atoms with van der Waals surface area (Å²) in [6, 6.07) is 17.6. The molecule has 4 nitrogen and oxygen atoms in total. The van der Waals surface area contributed by atoms with Crippen molar-refractivity contribution in [1.29, 1.82) is 0 Å². The van der Waals surface area contributed by atoms with E-state index >= 15 is 0 Å². The molecule has 4 rings (SSSR count). The van der Waals surface area contributed by atoms with Gasteiger partial charge in [-0.25, -0.2) is 4.98 Å². The summed E-state index contributed by atoms with van der Waals surface area (Å²) in [5.41, 5.74) is 1.99. The first-order chi connectivity index (χ1) is 15.2. The van der Waals surface area contributed by atoms with Crippen molar-refractivity contribution in [3.05, 3.63) is 54.6 Å². The summed E-state index contributed by atoms with van der Waals surface area (Å²) in [6.07, 6.45) is 9.45. The summed E-state index contributed by atoms with van der Waals surface area (Å²) < 4.78 is 10.2. The Morgan fingerprint density at radius 1 is 0.968 bits per heavy atom. The second kappa shape index (κ2) is 10.7. The van der Waals surface area contributed by atoms with Crippen molar-refractivity contribution < 1.29 is 9.53 Å². The average Bonchev–Trinajstić information content (AvgIpc) is 3.31. The molecule has 0 N–H and O–H groups in total. The first-order valence-corrected chi connectivity index (χ1v) is 12.2. The van der Waals surface area contributed by atoms with Crippen LogP contribution in [0.15, 0.2) is 54.6 Å². The quantitative estimate of drug-likeness (QED) is 0.214. The topological polar surface area (TPSA) is 52.1 Å². The number of benzene rings is 2. The van der Waals surface area contributed by atoms with E-state index in [9.17, 15) is 4.79 Å². The van der Waals surface area contributed by atoms with Gasteiger partial charge in [-0.2, -0.15) is 4.37 Å². The van der Waals surface area contributed by atoms with Gasteiger partial charge in [0.15, 0.2) is 5.82 Å². The Morgan fingerprint density at radius 2 is 1.71 bits per heavy atom. The van der Waals surface area contributed by atoms with Crippen LogP contribution in [-0.2, 0) is 4.79 Å². The van der Waals surface area contributed by atoms with E-state index in [1.165, 1.54) is 37.2 Å². The molecule has 1 saturated carbocycles. The van der Waals surface area contributed by atoms with Crippen molar-refractivity contribution in [3.8, 4) is 27.7 Å². The van der Waals surface area contributed by atoms with Crippen LogP contribution in [0.4, 0.5) is 0 Å². The summed E-state index contributed by atoms with van der Waals surface area (Å²) >= 11 is 1.39. The minimum Gasteiger partial charge on any atom is -0.426 e. The molecular formula is C26H30N2O2S. The Hall–Kier alpha value is -2.53. The highest BCUT2D eigenvalue weighted by molar-refractivity contribution is 7.09. The van der Waals surface area contributed by atoms with Crippen LogP contribution in [0.1, 0.15) is 58.3 Å². The number of rotatable bonds is 8. The zero-order valence-corrected chi connectivity index (χ0v) is 18.9. The van der Waals surface area contributed by atoms with E-state index < -0.39 is 0 Å². The first kappa shape index (κ1) is 21.7. The molecule has 1 fully saturated rings. The lowest BCUT2D eigenvalue weighted by molar-refractivity contribution is -0.140. The van der Waals surface area contributed by atoms with E-state index in [0.717, 1.165) is 47.7 Å². The lowest BCUT2D eigenvalue weighted by atomic mass is 9.80. The van der Waals surface area contributed by atoms with Gasteiger partial charge in [0.1, 0.15) is 10.8 Å². The third-order valence-electron chi connectivity index (χ3n) is 6.17. The van der Waals surface area contributed by atoms with Crippen LogP contribution < -0.4 is 4.74 Å². The molecule has 1 heterocycles. The molecule has 0 unspecified atom stereocenters. The molecule has 0 amide bonds. The SMILES string of the molecule is CCCCCC1CCC(C(=O)Oc2ccc(-c3nsc(-c4ccccc4)n3)cc2)CC1. The van der Waals surface area contributed by atoms with Gasteiger partial charge in [0.05, 0.1) is 5.92 Å². The van der Waals surface area contributed by atoms with Crippen LogP contribution in [0, 0.1) is 11.8 Å². The summed E-state index contributed by atoms with van der Waals surface area (Å²) in [5, 5.41) is 0.899. The largest absolute Gasteiger partial charge is 0.426 e. The third kappa shape index (κ3) is 5.79. The number of hydrogen-bond donors (Lipinski definition) is 0. The molecule has 1 aromatic heterocycles.